The first-order valence-corrected chi connectivity index (χ1v) is 5.47. The van der Waals surface area contributed by atoms with E-state index in [2.05, 4.69) is 22.1 Å². The fourth-order valence-corrected chi connectivity index (χ4v) is 2.49. The van der Waals surface area contributed by atoms with Crippen molar-refractivity contribution >= 4 is 11.6 Å². The Bertz CT molecular complexity index is 476. The Hall–Kier alpha value is -1.28. The molecule has 1 unspecified atom stereocenters. The Morgan fingerprint density at radius 3 is 2.93 bits per heavy atom. The summed E-state index contributed by atoms with van der Waals surface area (Å²) in [5.41, 5.74) is 3.94. The van der Waals surface area contributed by atoms with Crippen LogP contribution in [0.5, 0.6) is 0 Å². The van der Waals surface area contributed by atoms with E-state index in [1.165, 1.54) is 11.1 Å². The van der Waals surface area contributed by atoms with Gasteiger partial charge in [0.15, 0.2) is 0 Å². The zero-order valence-electron chi connectivity index (χ0n) is 8.20. The normalized spacial score (nSPS) is 19.1. The number of benzene rings is 1. The highest BCUT2D eigenvalue weighted by molar-refractivity contribution is 6.30. The molecule has 1 N–H and O–H groups in total. The van der Waals surface area contributed by atoms with Crippen LogP contribution in [-0.4, -0.2) is 9.97 Å². The smallest absolute Gasteiger partial charge is 0.0923 e. The molecule has 0 spiro atoms. The second kappa shape index (κ2) is 3.38. The Morgan fingerprint density at radius 2 is 2.13 bits per heavy atom. The molecule has 3 rings (SSSR count). The van der Waals surface area contributed by atoms with E-state index in [-0.39, 0.29) is 0 Å². The molecule has 1 aliphatic rings. The fraction of sp³-hybridized carbons (Fsp3) is 0.250. The summed E-state index contributed by atoms with van der Waals surface area (Å²) < 4.78 is 0. The molecule has 1 aromatic carbocycles. The number of hydrogen-bond donors (Lipinski definition) is 1. The van der Waals surface area contributed by atoms with Crippen LogP contribution in [0.1, 0.15) is 22.7 Å². The topological polar surface area (TPSA) is 28.7 Å². The maximum atomic E-state index is 5.97. The summed E-state index contributed by atoms with van der Waals surface area (Å²) in [6.45, 7) is 0. The molecule has 15 heavy (non-hydrogen) atoms. The van der Waals surface area contributed by atoms with E-state index in [9.17, 15) is 0 Å². The van der Waals surface area contributed by atoms with Crippen LogP contribution >= 0.6 is 11.6 Å². The van der Waals surface area contributed by atoms with Crippen LogP contribution in [0.15, 0.2) is 30.7 Å². The molecule has 0 saturated carbocycles. The maximum absolute atomic E-state index is 5.97. The predicted octanol–water partition coefficient (Wildman–Crippen LogP) is 2.95. The first-order chi connectivity index (χ1) is 7.33. The highest BCUT2D eigenvalue weighted by Gasteiger charge is 2.23. The highest BCUT2D eigenvalue weighted by atomic mass is 35.5. The van der Waals surface area contributed by atoms with Gasteiger partial charge >= 0.3 is 0 Å². The molecule has 0 bridgehead atoms. The molecule has 1 atom stereocenters. The summed E-state index contributed by atoms with van der Waals surface area (Å²) in [6.07, 6.45) is 5.86. The summed E-state index contributed by atoms with van der Waals surface area (Å²) in [6, 6.07) is 6.17. The fourth-order valence-electron chi connectivity index (χ4n) is 2.29. The molecule has 0 saturated heterocycles. The lowest BCUT2D eigenvalue weighted by atomic mass is 10.0. The summed E-state index contributed by atoms with van der Waals surface area (Å²) in [7, 11) is 0. The van der Waals surface area contributed by atoms with E-state index in [0.717, 1.165) is 23.6 Å². The predicted molar refractivity (Wildman–Crippen MR) is 60.2 cm³/mol. The van der Waals surface area contributed by atoms with E-state index in [4.69, 9.17) is 11.6 Å². The Labute approximate surface area is 93.3 Å². The molecule has 0 fully saturated rings. The minimum atomic E-state index is 0.518. The monoisotopic (exact) mass is 218 g/mol. The van der Waals surface area contributed by atoms with E-state index in [1.54, 1.807) is 6.33 Å². The van der Waals surface area contributed by atoms with E-state index in [1.807, 2.05) is 12.3 Å². The van der Waals surface area contributed by atoms with Crippen molar-refractivity contribution in [2.75, 3.05) is 0 Å². The first-order valence-electron chi connectivity index (χ1n) is 5.09. The third-order valence-electron chi connectivity index (χ3n) is 3.04. The zero-order chi connectivity index (χ0) is 10.3. The molecule has 1 aliphatic carbocycles. The lowest BCUT2D eigenvalue weighted by molar-refractivity contribution is 0.719. The molecule has 0 radical (unpaired) electrons. The quantitative estimate of drug-likeness (QED) is 0.784. The van der Waals surface area contributed by atoms with E-state index < -0.39 is 0 Å². The minimum absolute atomic E-state index is 0.518. The number of aromatic amines is 1. The van der Waals surface area contributed by atoms with Crippen molar-refractivity contribution in [1.29, 1.82) is 0 Å². The molecular weight excluding hydrogens is 208 g/mol. The van der Waals surface area contributed by atoms with Crippen LogP contribution in [0.4, 0.5) is 0 Å². The van der Waals surface area contributed by atoms with Gasteiger partial charge in [0.05, 0.1) is 12.0 Å². The summed E-state index contributed by atoms with van der Waals surface area (Å²) in [5.74, 6) is 0.518. The van der Waals surface area contributed by atoms with Gasteiger partial charge in [0.1, 0.15) is 0 Å². The second-order valence-electron chi connectivity index (χ2n) is 4.01. The van der Waals surface area contributed by atoms with E-state index >= 15 is 0 Å². The van der Waals surface area contributed by atoms with E-state index in [0.29, 0.717) is 5.92 Å². The van der Waals surface area contributed by atoms with Crippen molar-refractivity contribution in [3.63, 3.8) is 0 Å². The lowest BCUT2D eigenvalue weighted by Crippen LogP contribution is -1.97. The van der Waals surface area contributed by atoms with Gasteiger partial charge in [-0.25, -0.2) is 4.98 Å². The summed E-state index contributed by atoms with van der Waals surface area (Å²) in [5, 5.41) is 0.830. The second-order valence-corrected chi connectivity index (χ2v) is 4.45. The van der Waals surface area contributed by atoms with Gasteiger partial charge in [0, 0.05) is 17.1 Å². The van der Waals surface area contributed by atoms with Crippen LogP contribution in [0.25, 0.3) is 0 Å². The number of halogens is 1. The van der Waals surface area contributed by atoms with Crippen molar-refractivity contribution in [3.05, 3.63) is 52.6 Å². The minimum Gasteiger partial charge on any atom is -0.351 e. The Balaban J connectivity index is 1.92. The molecule has 2 nitrogen and oxygen atoms in total. The average Bonchev–Trinajstić information content (AvgIpc) is 2.84. The summed E-state index contributed by atoms with van der Waals surface area (Å²) >= 11 is 5.97. The number of nitrogens with one attached hydrogen (secondary N) is 1. The summed E-state index contributed by atoms with van der Waals surface area (Å²) in [4.78, 5) is 7.32. The third-order valence-corrected chi connectivity index (χ3v) is 3.27. The van der Waals surface area contributed by atoms with Gasteiger partial charge in [-0.3, -0.25) is 0 Å². The SMILES string of the molecule is Clc1ccc2c(c1)CC(c1c[nH]cn1)C2. The highest BCUT2D eigenvalue weighted by Crippen LogP contribution is 2.34. The Morgan fingerprint density at radius 1 is 1.27 bits per heavy atom. The first kappa shape index (κ1) is 8.98. The van der Waals surface area contributed by atoms with Crippen LogP contribution < -0.4 is 0 Å². The molecule has 1 aromatic heterocycles. The van der Waals surface area contributed by atoms with Gasteiger partial charge in [-0.15, -0.1) is 0 Å². The number of H-pyrrole nitrogens is 1. The van der Waals surface area contributed by atoms with Crippen LogP contribution in [0, 0.1) is 0 Å². The van der Waals surface area contributed by atoms with Crippen molar-refractivity contribution in [3.8, 4) is 0 Å². The van der Waals surface area contributed by atoms with Gasteiger partial charge in [-0.2, -0.15) is 0 Å². The lowest BCUT2D eigenvalue weighted by Gasteiger charge is -2.02. The molecular formula is C12H11ClN2. The van der Waals surface area contributed by atoms with Crippen LogP contribution in [-0.2, 0) is 12.8 Å². The van der Waals surface area contributed by atoms with Crippen molar-refractivity contribution < 1.29 is 0 Å². The van der Waals surface area contributed by atoms with Gasteiger partial charge in [0.25, 0.3) is 0 Å². The molecule has 0 amide bonds. The number of rotatable bonds is 1. The Kier molecular flexibility index (Phi) is 2.03. The molecule has 2 aromatic rings. The van der Waals surface area contributed by atoms with Gasteiger partial charge < -0.3 is 4.98 Å². The molecule has 0 aliphatic heterocycles. The number of imidazole rings is 1. The van der Waals surface area contributed by atoms with Crippen LogP contribution in [0.2, 0.25) is 5.02 Å². The number of fused-ring (bicyclic) bond motifs is 1. The molecule has 1 heterocycles. The molecule has 3 heteroatoms. The van der Waals surface area contributed by atoms with Gasteiger partial charge in [-0.05, 0) is 36.1 Å². The van der Waals surface area contributed by atoms with Gasteiger partial charge in [0.2, 0.25) is 0 Å². The van der Waals surface area contributed by atoms with Crippen LogP contribution in [0.3, 0.4) is 0 Å². The van der Waals surface area contributed by atoms with Crippen molar-refractivity contribution in [2.45, 2.75) is 18.8 Å². The average molecular weight is 219 g/mol. The van der Waals surface area contributed by atoms with Gasteiger partial charge in [-0.1, -0.05) is 17.7 Å². The third kappa shape index (κ3) is 1.55. The zero-order valence-corrected chi connectivity index (χ0v) is 8.96. The number of nitrogens with zero attached hydrogens (tertiary/aromatic N) is 1. The van der Waals surface area contributed by atoms with Crippen molar-refractivity contribution in [2.24, 2.45) is 0 Å². The number of aromatic nitrogens is 2. The molecule has 76 valence electrons. The largest absolute Gasteiger partial charge is 0.351 e. The number of hydrogen-bond acceptors (Lipinski definition) is 1. The maximum Gasteiger partial charge on any atom is 0.0923 e. The van der Waals surface area contributed by atoms with Crippen molar-refractivity contribution in [1.82, 2.24) is 9.97 Å². The standard InChI is InChI=1S/C12H11ClN2/c13-11-2-1-8-3-10(4-9(8)5-11)12-6-14-7-15-12/h1-2,5-7,10H,3-4H2,(H,14,15).